The summed E-state index contributed by atoms with van der Waals surface area (Å²) in [6, 6.07) is 8.41. The summed E-state index contributed by atoms with van der Waals surface area (Å²) in [5, 5.41) is 3.89. The molecule has 0 aliphatic rings. The summed E-state index contributed by atoms with van der Waals surface area (Å²) in [7, 11) is -3.70. The topological polar surface area (TPSA) is 98.0 Å². The van der Waals surface area contributed by atoms with Gasteiger partial charge in [0, 0.05) is 35.8 Å². The minimum atomic E-state index is -3.70. The molecule has 9 heteroatoms. The number of rotatable bonds is 6. The molecule has 0 saturated heterocycles. The highest BCUT2D eigenvalue weighted by atomic mass is 32.2. The van der Waals surface area contributed by atoms with E-state index in [-0.39, 0.29) is 11.4 Å². The molecular formula is C19H16N4O3S2. The predicted molar refractivity (Wildman–Crippen MR) is 106 cm³/mol. The van der Waals surface area contributed by atoms with Crippen LogP contribution in [0.3, 0.4) is 0 Å². The molecule has 4 aromatic rings. The first kappa shape index (κ1) is 18.5. The summed E-state index contributed by atoms with van der Waals surface area (Å²) in [5.41, 5.74) is 3.60. The van der Waals surface area contributed by atoms with Crippen LogP contribution < -0.4 is 4.72 Å². The molecule has 28 heavy (non-hydrogen) atoms. The number of oxazole rings is 1. The summed E-state index contributed by atoms with van der Waals surface area (Å²) in [5.74, 6) is 0.554. The Bertz CT molecular complexity index is 1180. The van der Waals surface area contributed by atoms with Gasteiger partial charge in [0.25, 0.3) is 0 Å². The first-order valence-corrected chi connectivity index (χ1v) is 10.8. The highest BCUT2D eigenvalue weighted by Gasteiger charge is 2.17. The van der Waals surface area contributed by atoms with Crippen molar-refractivity contribution in [1.29, 1.82) is 0 Å². The lowest BCUT2D eigenvalue weighted by Gasteiger charge is -2.09. The number of hydrogen-bond donors (Lipinski definition) is 1. The zero-order chi connectivity index (χ0) is 19.6. The third-order valence-electron chi connectivity index (χ3n) is 4.08. The highest BCUT2D eigenvalue weighted by Crippen LogP contribution is 2.23. The monoisotopic (exact) mass is 412 g/mol. The minimum Gasteiger partial charge on any atom is -0.449 e. The molecule has 0 atom stereocenters. The number of nitrogens with one attached hydrogen (secondary N) is 1. The van der Waals surface area contributed by atoms with Gasteiger partial charge in [0.2, 0.25) is 10.0 Å². The van der Waals surface area contributed by atoms with E-state index in [4.69, 9.17) is 4.42 Å². The molecule has 7 nitrogen and oxygen atoms in total. The van der Waals surface area contributed by atoms with E-state index in [0.29, 0.717) is 23.0 Å². The Balaban J connectivity index is 1.52. The van der Waals surface area contributed by atoms with Crippen molar-refractivity contribution >= 4 is 21.4 Å². The van der Waals surface area contributed by atoms with Crippen molar-refractivity contribution < 1.29 is 12.8 Å². The van der Waals surface area contributed by atoms with E-state index >= 15 is 0 Å². The Labute approximate surface area is 166 Å². The van der Waals surface area contributed by atoms with Crippen molar-refractivity contribution in [2.45, 2.75) is 18.4 Å². The second-order valence-electron chi connectivity index (χ2n) is 5.96. The molecule has 0 unspecified atom stereocenters. The highest BCUT2D eigenvalue weighted by molar-refractivity contribution is 7.89. The van der Waals surface area contributed by atoms with E-state index < -0.39 is 10.0 Å². The molecule has 0 saturated carbocycles. The molecule has 1 N–H and O–H groups in total. The lowest BCUT2D eigenvalue weighted by molar-refractivity contribution is 0.521. The van der Waals surface area contributed by atoms with Gasteiger partial charge in [0.05, 0.1) is 22.8 Å². The summed E-state index contributed by atoms with van der Waals surface area (Å²) in [4.78, 5) is 13.0. The lowest BCUT2D eigenvalue weighted by atomic mass is 10.2. The number of nitrogens with zero attached hydrogens (tertiary/aromatic N) is 3. The Kier molecular flexibility index (Phi) is 5.03. The molecule has 0 fully saturated rings. The van der Waals surface area contributed by atoms with Gasteiger partial charge in [-0.1, -0.05) is 12.1 Å². The molecule has 3 heterocycles. The van der Waals surface area contributed by atoms with Gasteiger partial charge < -0.3 is 4.42 Å². The second kappa shape index (κ2) is 7.63. The van der Waals surface area contributed by atoms with Crippen LogP contribution in [-0.4, -0.2) is 23.4 Å². The molecule has 1 aromatic carbocycles. The Morgan fingerprint density at radius 3 is 2.54 bits per heavy atom. The third-order valence-corrected chi connectivity index (χ3v) is 6.18. The SMILES string of the molecule is Cc1nc(-c2ccc(S(=O)(=O)NCc3nccnc3-c3ccsc3)cc2)co1. The van der Waals surface area contributed by atoms with Gasteiger partial charge in [-0.3, -0.25) is 9.97 Å². The van der Waals surface area contributed by atoms with E-state index in [0.717, 1.165) is 11.1 Å². The van der Waals surface area contributed by atoms with Crippen molar-refractivity contribution in [2.75, 3.05) is 0 Å². The quantitative estimate of drug-likeness (QED) is 0.519. The maximum absolute atomic E-state index is 12.7. The molecule has 0 aliphatic carbocycles. The zero-order valence-corrected chi connectivity index (χ0v) is 16.5. The van der Waals surface area contributed by atoms with Crippen LogP contribution in [0.2, 0.25) is 0 Å². The Hall–Kier alpha value is -2.88. The first-order valence-electron chi connectivity index (χ1n) is 8.37. The van der Waals surface area contributed by atoms with Crippen LogP contribution in [0.15, 0.2) is 69.1 Å². The fourth-order valence-corrected chi connectivity index (χ4v) is 4.31. The Morgan fingerprint density at radius 2 is 1.86 bits per heavy atom. The third kappa shape index (κ3) is 3.86. The number of aromatic nitrogens is 3. The van der Waals surface area contributed by atoms with E-state index in [1.54, 1.807) is 42.8 Å². The van der Waals surface area contributed by atoms with Crippen LogP contribution in [-0.2, 0) is 16.6 Å². The van der Waals surface area contributed by atoms with Gasteiger partial charge in [-0.15, -0.1) is 0 Å². The van der Waals surface area contributed by atoms with E-state index in [1.165, 1.54) is 18.4 Å². The number of benzene rings is 1. The molecular weight excluding hydrogens is 396 g/mol. The van der Waals surface area contributed by atoms with Crippen LogP contribution in [0.4, 0.5) is 0 Å². The number of hydrogen-bond acceptors (Lipinski definition) is 7. The van der Waals surface area contributed by atoms with Gasteiger partial charge in [-0.25, -0.2) is 18.1 Å². The summed E-state index contributed by atoms with van der Waals surface area (Å²) in [6.07, 6.45) is 4.68. The Morgan fingerprint density at radius 1 is 1.07 bits per heavy atom. The van der Waals surface area contributed by atoms with Gasteiger partial charge in [0.1, 0.15) is 12.0 Å². The summed E-state index contributed by atoms with van der Waals surface area (Å²) in [6.45, 7) is 1.80. The van der Waals surface area contributed by atoms with Gasteiger partial charge in [-0.05, 0) is 23.6 Å². The zero-order valence-electron chi connectivity index (χ0n) is 14.9. The van der Waals surface area contributed by atoms with Crippen LogP contribution in [0.5, 0.6) is 0 Å². The van der Waals surface area contributed by atoms with Crippen LogP contribution >= 0.6 is 11.3 Å². The molecule has 0 bridgehead atoms. The summed E-state index contributed by atoms with van der Waals surface area (Å²) < 4.78 is 33.1. The number of thiophene rings is 1. The molecule has 0 spiro atoms. The number of aryl methyl sites for hydroxylation is 1. The average molecular weight is 412 g/mol. The standard InChI is InChI=1S/C19H16N4O3S2/c1-13-23-18(11-26-13)14-2-4-16(5-3-14)28(24,25)22-10-17-19(21-8-7-20-17)15-6-9-27-12-15/h2-9,11-12,22H,10H2,1H3. The predicted octanol–water partition coefficient (Wildman–Crippen LogP) is 3.65. The average Bonchev–Trinajstić information content (AvgIpc) is 3.39. The van der Waals surface area contributed by atoms with Gasteiger partial charge >= 0.3 is 0 Å². The van der Waals surface area contributed by atoms with E-state index in [1.807, 2.05) is 16.8 Å². The van der Waals surface area contributed by atoms with Crippen LogP contribution in [0.25, 0.3) is 22.5 Å². The lowest BCUT2D eigenvalue weighted by Crippen LogP contribution is -2.24. The number of sulfonamides is 1. The smallest absolute Gasteiger partial charge is 0.240 e. The fourth-order valence-electron chi connectivity index (χ4n) is 2.68. The van der Waals surface area contributed by atoms with Crippen LogP contribution in [0, 0.1) is 6.92 Å². The van der Waals surface area contributed by atoms with E-state index in [9.17, 15) is 8.42 Å². The van der Waals surface area contributed by atoms with Crippen molar-refractivity contribution in [2.24, 2.45) is 0 Å². The van der Waals surface area contributed by atoms with Crippen molar-refractivity contribution in [1.82, 2.24) is 19.7 Å². The van der Waals surface area contributed by atoms with Crippen molar-refractivity contribution in [3.8, 4) is 22.5 Å². The van der Waals surface area contributed by atoms with Gasteiger partial charge in [0.15, 0.2) is 5.89 Å². The van der Waals surface area contributed by atoms with Gasteiger partial charge in [-0.2, -0.15) is 11.3 Å². The molecule has 4 rings (SSSR count). The molecule has 142 valence electrons. The molecule has 0 aliphatic heterocycles. The maximum Gasteiger partial charge on any atom is 0.240 e. The first-order chi connectivity index (χ1) is 13.5. The largest absolute Gasteiger partial charge is 0.449 e. The molecule has 3 aromatic heterocycles. The minimum absolute atomic E-state index is 0.0472. The molecule has 0 amide bonds. The normalized spacial score (nSPS) is 11.6. The van der Waals surface area contributed by atoms with Crippen LogP contribution in [0.1, 0.15) is 11.6 Å². The van der Waals surface area contributed by atoms with Crippen molar-refractivity contribution in [3.05, 3.63) is 71.3 Å². The maximum atomic E-state index is 12.7. The fraction of sp³-hybridized carbons (Fsp3) is 0.105. The molecule has 0 radical (unpaired) electrons. The van der Waals surface area contributed by atoms with E-state index in [2.05, 4.69) is 19.7 Å². The summed E-state index contributed by atoms with van der Waals surface area (Å²) >= 11 is 1.55. The van der Waals surface area contributed by atoms with Crippen molar-refractivity contribution in [3.63, 3.8) is 0 Å². The second-order valence-corrected chi connectivity index (χ2v) is 8.51.